The molecular formula is C77H130O6. The van der Waals surface area contributed by atoms with Crippen LogP contribution in [0.4, 0.5) is 0 Å². The van der Waals surface area contributed by atoms with Gasteiger partial charge < -0.3 is 14.2 Å². The molecule has 0 aliphatic carbocycles. The molecule has 0 N–H and O–H groups in total. The van der Waals surface area contributed by atoms with E-state index in [1.165, 1.54) is 173 Å². The zero-order valence-electron chi connectivity index (χ0n) is 54.4. The molecule has 0 radical (unpaired) electrons. The Morgan fingerprint density at radius 1 is 0.253 bits per heavy atom. The molecule has 0 amide bonds. The summed E-state index contributed by atoms with van der Waals surface area (Å²) < 4.78 is 16.9. The van der Waals surface area contributed by atoms with Gasteiger partial charge in [-0.1, -0.05) is 303 Å². The fourth-order valence-corrected chi connectivity index (χ4v) is 9.67. The standard InChI is InChI=1S/C77H130O6/c1-4-7-10-13-16-19-22-24-26-28-30-31-32-33-34-35-36-37-38-39-40-41-42-43-44-45-47-48-50-52-55-58-61-64-67-70-76(79)82-73-74(72-81-75(78)69-66-63-60-57-54-21-18-15-12-9-6-3)83-77(80)71-68-65-62-59-56-53-51-49-46-29-27-25-23-20-17-14-11-8-5-2/h7,10,15-16,18-19,24-27,30-31,33-34,36-37,39-40,42-43,74H,4-6,8-9,11-14,17,20-23,28-29,32,35,38,41,44-73H2,1-3H3/b10-7-,18-15-,19-16-,26-24-,27-25-,31-30-,34-33-,37-36-,40-39-,43-42-. The summed E-state index contributed by atoms with van der Waals surface area (Å²) in [4.78, 5) is 38.3. The average molecular weight is 1150 g/mol. The number of hydrogen-bond acceptors (Lipinski definition) is 6. The zero-order chi connectivity index (χ0) is 59.9. The molecule has 0 saturated heterocycles. The molecule has 0 aromatic rings. The molecule has 1 atom stereocenters. The average Bonchev–Trinajstić information content (AvgIpc) is 3.48. The number of unbranched alkanes of at least 4 members (excludes halogenated alkanes) is 32. The lowest BCUT2D eigenvalue weighted by molar-refractivity contribution is -0.167. The highest BCUT2D eigenvalue weighted by molar-refractivity contribution is 5.71. The van der Waals surface area contributed by atoms with Crippen molar-refractivity contribution in [1.29, 1.82) is 0 Å². The SMILES string of the molecule is CC/C=C\C/C=C\C/C=C\C/C=C\C/C=C\C/C=C\C/C=C\C/C=C\CCCCCCCCCCCCC(=O)OCC(COC(=O)CCCCCCC/C=C\CCCC)OC(=O)CCCCCCCCCCC/C=C\CCCCCCCC. The molecule has 6 heteroatoms. The monoisotopic (exact) mass is 1150 g/mol. The first-order valence-electron chi connectivity index (χ1n) is 35.0. The molecule has 0 spiro atoms. The van der Waals surface area contributed by atoms with Gasteiger partial charge in [0, 0.05) is 19.3 Å². The summed E-state index contributed by atoms with van der Waals surface area (Å²) >= 11 is 0. The summed E-state index contributed by atoms with van der Waals surface area (Å²) in [5, 5.41) is 0. The number of carbonyl (C=O) groups excluding carboxylic acids is 3. The molecule has 0 heterocycles. The van der Waals surface area contributed by atoms with Crippen LogP contribution in [-0.2, 0) is 28.6 Å². The maximum absolute atomic E-state index is 12.9. The lowest BCUT2D eigenvalue weighted by Gasteiger charge is -2.18. The molecule has 0 aromatic heterocycles. The van der Waals surface area contributed by atoms with Crippen LogP contribution < -0.4 is 0 Å². The van der Waals surface area contributed by atoms with Crippen LogP contribution in [0.3, 0.4) is 0 Å². The Hall–Kier alpha value is -4.19. The van der Waals surface area contributed by atoms with Gasteiger partial charge in [0.1, 0.15) is 13.2 Å². The normalized spacial score (nSPS) is 12.9. The van der Waals surface area contributed by atoms with Crippen molar-refractivity contribution in [3.8, 4) is 0 Å². The van der Waals surface area contributed by atoms with Gasteiger partial charge in [0.25, 0.3) is 0 Å². The van der Waals surface area contributed by atoms with E-state index in [1.807, 2.05) is 0 Å². The number of ether oxygens (including phenoxy) is 3. The Morgan fingerprint density at radius 3 is 0.783 bits per heavy atom. The van der Waals surface area contributed by atoms with Gasteiger partial charge in [0.2, 0.25) is 0 Å². The molecule has 0 aliphatic heterocycles. The van der Waals surface area contributed by atoms with Gasteiger partial charge in [-0.3, -0.25) is 14.4 Å². The summed E-state index contributed by atoms with van der Waals surface area (Å²) in [6.45, 7) is 6.50. The van der Waals surface area contributed by atoms with Crippen LogP contribution >= 0.6 is 0 Å². The predicted molar refractivity (Wildman–Crippen MR) is 362 cm³/mol. The van der Waals surface area contributed by atoms with E-state index < -0.39 is 6.10 Å². The van der Waals surface area contributed by atoms with Crippen molar-refractivity contribution in [1.82, 2.24) is 0 Å². The predicted octanol–water partition coefficient (Wildman–Crippen LogP) is 24.3. The van der Waals surface area contributed by atoms with Crippen LogP contribution in [0.25, 0.3) is 0 Å². The van der Waals surface area contributed by atoms with Crippen molar-refractivity contribution >= 4 is 17.9 Å². The van der Waals surface area contributed by atoms with Crippen LogP contribution in [0.15, 0.2) is 122 Å². The minimum atomic E-state index is -0.786. The highest BCUT2D eigenvalue weighted by Crippen LogP contribution is 2.16. The molecule has 1 unspecified atom stereocenters. The Balaban J connectivity index is 4.21. The van der Waals surface area contributed by atoms with Gasteiger partial charge in [0.05, 0.1) is 0 Å². The van der Waals surface area contributed by atoms with Crippen LogP contribution in [0, 0.1) is 0 Å². The highest BCUT2D eigenvalue weighted by Gasteiger charge is 2.19. The number of allylic oxidation sites excluding steroid dienone is 20. The fourth-order valence-electron chi connectivity index (χ4n) is 9.67. The van der Waals surface area contributed by atoms with Gasteiger partial charge in [-0.05, 0) is 128 Å². The van der Waals surface area contributed by atoms with Crippen LogP contribution in [0.2, 0.25) is 0 Å². The van der Waals surface area contributed by atoms with Crippen molar-refractivity contribution in [3.63, 3.8) is 0 Å². The minimum absolute atomic E-state index is 0.0832. The fraction of sp³-hybridized carbons (Fsp3) is 0.701. The number of esters is 3. The Bertz CT molecular complexity index is 1700. The summed E-state index contributed by atoms with van der Waals surface area (Å²) in [7, 11) is 0. The molecule has 474 valence electrons. The van der Waals surface area contributed by atoms with Gasteiger partial charge in [-0.2, -0.15) is 0 Å². The first-order chi connectivity index (χ1) is 41.0. The van der Waals surface area contributed by atoms with Crippen LogP contribution in [0.5, 0.6) is 0 Å². The first-order valence-corrected chi connectivity index (χ1v) is 35.0. The third-order valence-electron chi connectivity index (χ3n) is 14.9. The van der Waals surface area contributed by atoms with E-state index in [1.54, 1.807) is 0 Å². The van der Waals surface area contributed by atoms with Crippen molar-refractivity contribution in [2.24, 2.45) is 0 Å². The Labute approximate surface area is 513 Å². The van der Waals surface area contributed by atoms with Gasteiger partial charge in [-0.25, -0.2) is 0 Å². The Morgan fingerprint density at radius 2 is 0.482 bits per heavy atom. The molecule has 0 aliphatic rings. The smallest absolute Gasteiger partial charge is 0.306 e. The molecular weight excluding hydrogens is 1020 g/mol. The molecule has 0 rings (SSSR count). The van der Waals surface area contributed by atoms with Gasteiger partial charge in [0.15, 0.2) is 6.10 Å². The topological polar surface area (TPSA) is 78.9 Å². The van der Waals surface area contributed by atoms with E-state index in [-0.39, 0.29) is 31.1 Å². The van der Waals surface area contributed by atoms with Crippen molar-refractivity contribution in [2.75, 3.05) is 13.2 Å². The quantitative estimate of drug-likeness (QED) is 0.0261. The van der Waals surface area contributed by atoms with Crippen LogP contribution in [0.1, 0.15) is 329 Å². The minimum Gasteiger partial charge on any atom is -0.462 e. The second kappa shape index (κ2) is 70.3. The second-order valence-corrected chi connectivity index (χ2v) is 23.1. The zero-order valence-corrected chi connectivity index (χ0v) is 54.4. The van der Waals surface area contributed by atoms with Gasteiger partial charge in [-0.15, -0.1) is 0 Å². The van der Waals surface area contributed by atoms with Crippen LogP contribution in [-0.4, -0.2) is 37.2 Å². The van der Waals surface area contributed by atoms with E-state index in [2.05, 4.69) is 142 Å². The van der Waals surface area contributed by atoms with Crippen molar-refractivity contribution in [3.05, 3.63) is 122 Å². The molecule has 6 nitrogen and oxygen atoms in total. The van der Waals surface area contributed by atoms with Crippen molar-refractivity contribution < 1.29 is 28.6 Å². The summed E-state index contributed by atoms with van der Waals surface area (Å²) in [5.41, 5.74) is 0. The van der Waals surface area contributed by atoms with E-state index in [4.69, 9.17) is 14.2 Å². The summed E-state index contributed by atoms with van der Waals surface area (Å²) in [5.74, 6) is -0.890. The van der Waals surface area contributed by atoms with E-state index in [0.717, 1.165) is 116 Å². The van der Waals surface area contributed by atoms with E-state index in [0.29, 0.717) is 19.3 Å². The third kappa shape index (κ3) is 68.5. The number of carbonyl (C=O) groups is 3. The van der Waals surface area contributed by atoms with E-state index in [9.17, 15) is 14.4 Å². The molecule has 0 saturated carbocycles. The first kappa shape index (κ1) is 78.8. The molecule has 0 bridgehead atoms. The maximum Gasteiger partial charge on any atom is 0.306 e. The molecule has 0 aromatic carbocycles. The van der Waals surface area contributed by atoms with E-state index >= 15 is 0 Å². The summed E-state index contributed by atoms with van der Waals surface area (Å²) in [6.07, 6.45) is 98.0. The third-order valence-corrected chi connectivity index (χ3v) is 14.9. The number of hydrogen-bond donors (Lipinski definition) is 0. The van der Waals surface area contributed by atoms with Gasteiger partial charge >= 0.3 is 17.9 Å². The Kier molecular flexibility index (Phi) is 66.7. The second-order valence-electron chi connectivity index (χ2n) is 23.1. The molecule has 0 fully saturated rings. The molecule has 83 heavy (non-hydrogen) atoms. The lowest BCUT2D eigenvalue weighted by Crippen LogP contribution is -2.30. The van der Waals surface area contributed by atoms with Crippen molar-refractivity contribution in [2.45, 2.75) is 335 Å². The maximum atomic E-state index is 12.9. The largest absolute Gasteiger partial charge is 0.462 e. The number of rotatable bonds is 63. The lowest BCUT2D eigenvalue weighted by atomic mass is 10.0. The highest BCUT2D eigenvalue weighted by atomic mass is 16.6. The summed E-state index contributed by atoms with van der Waals surface area (Å²) in [6, 6.07) is 0.